The predicted molar refractivity (Wildman–Crippen MR) is 104 cm³/mol. The number of allylic oxidation sites excluding steroid dienone is 1. The average molecular weight is 373 g/mol. The van der Waals surface area contributed by atoms with E-state index < -0.39 is 11.8 Å². The minimum Gasteiger partial charge on any atom is -0.488 e. The predicted octanol–water partition coefficient (Wildman–Crippen LogP) is 5.17. The molecule has 0 fully saturated rings. The number of benzene rings is 3. The lowest BCUT2D eigenvalue weighted by molar-refractivity contribution is 0.0697. The third kappa shape index (κ3) is 4.43. The van der Waals surface area contributed by atoms with Gasteiger partial charge in [-0.2, -0.15) is 5.26 Å². The largest absolute Gasteiger partial charge is 0.488 e. The van der Waals surface area contributed by atoms with Crippen molar-refractivity contribution in [2.45, 2.75) is 6.61 Å². The monoisotopic (exact) mass is 373 g/mol. The van der Waals surface area contributed by atoms with Gasteiger partial charge in [0.2, 0.25) is 0 Å². The van der Waals surface area contributed by atoms with Crippen molar-refractivity contribution in [3.05, 3.63) is 101 Å². The molecule has 28 heavy (non-hydrogen) atoms. The molecule has 138 valence electrons. The van der Waals surface area contributed by atoms with E-state index in [1.54, 1.807) is 60.7 Å². The Labute approximate surface area is 161 Å². The fourth-order valence-electron chi connectivity index (χ4n) is 2.64. The molecule has 0 amide bonds. The maximum Gasteiger partial charge on any atom is 0.335 e. The Morgan fingerprint density at radius 1 is 1.04 bits per heavy atom. The van der Waals surface area contributed by atoms with E-state index in [9.17, 15) is 14.4 Å². The molecule has 0 aliphatic carbocycles. The van der Waals surface area contributed by atoms with Crippen molar-refractivity contribution < 1.29 is 19.0 Å². The van der Waals surface area contributed by atoms with Gasteiger partial charge in [-0.15, -0.1) is 0 Å². The Morgan fingerprint density at radius 3 is 2.39 bits per heavy atom. The van der Waals surface area contributed by atoms with Crippen molar-refractivity contribution in [1.29, 1.82) is 5.26 Å². The third-order valence-corrected chi connectivity index (χ3v) is 4.10. The number of hydrogen-bond acceptors (Lipinski definition) is 3. The zero-order chi connectivity index (χ0) is 19.9. The number of nitrogens with zero attached hydrogens (tertiary/aromatic N) is 1. The van der Waals surface area contributed by atoms with E-state index in [-0.39, 0.29) is 23.3 Å². The lowest BCUT2D eigenvalue weighted by Crippen LogP contribution is -1.99. The molecule has 4 nitrogen and oxygen atoms in total. The molecule has 3 rings (SSSR count). The molecule has 0 aliphatic heterocycles. The van der Waals surface area contributed by atoms with Crippen LogP contribution in [0, 0.1) is 17.1 Å². The lowest BCUT2D eigenvalue weighted by atomic mass is 10.0. The van der Waals surface area contributed by atoms with Crippen LogP contribution in [-0.4, -0.2) is 11.1 Å². The summed E-state index contributed by atoms with van der Waals surface area (Å²) in [4.78, 5) is 10.9. The molecular weight excluding hydrogens is 357 g/mol. The molecule has 5 heteroatoms. The first-order valence-corrected chi connectivity index (χ1v) is 8.49. The summed E-state index contributed by atoms with van der Waals surface area (Å²) in [6.07, 6.45) is 1.58. The molecule has 0 spiro atoms. The van der Waals surface area contributed by atoms with Crippen LogP contribution in [0.1, 0.15) is 27.0 Å². The van der Waals surface area contributed by atoms with E-state index in [1.807, 2.05) is 6.07 Å². The Balaban J connectivity index is 1.84. The molecule has 0 aromatic heterocycles. The molecule has 0 aliphatic rings. The number of carboxylic acid groups (broad SMARTS) is 1. The molecule has 0 bridgehead atoms. The van der Waals surface area contributed by atoms with Gasteiger partial charge in [0.1, 0.15) is 18.2 Å². The summed E-state index contributed by atoms with van der Waals surface area (Å²) in [5.41, 5.74) is 2.07. The molecule has 0 heterocycles. The van der Waals surface area contributed by atoms with Crippen molar-refractivity contribution >= 4 is 17.6 Å². The average Bonchev–Trinajstić information content (AvgIpc) is 2.72. The first-order chi connectivity index (χ1) is 13.6. The fraction of sp³-hybridized carbons (Fsp3) is 0.0435. The van der Waals surface area contributed by atoms with Gasteiger partial charge in [-0.05, 0) is 35.9 Å². The van der Waals surface area contributed by atoms with Crippen LogP contribution in [0.2, 0.25) is 0 Å². The minimum atomic E-state index is -0.986. The van der Waals surface area contributed by atoms with E-state index in [4.69, 9.17) is 9.84 Å². The molecule has 3 aromatic carbocycles. The highest BCUT2D eigenvalue weighted by atomic mass is 19.1. The van der Waals surface area contributed by atoms with E-state index in [0.717, 1.165) is 5.56 Å². The van der Waals surface area contributed by atoms with Gasteiger partial charge in [0.15, 0.2) is 0 Å². The van der Waals surface area contributed by atoms with Gasteiger partial charge in [0.05, 0.1) is 17.2 Å². The zero-order valence-corrected chi connectivity index (χ0v) is 14.8. The Bertz CT molecular complexity index is 1070. The van der Waals surface area contributed by atoms with Crippen molar-refractivity contribution in [2.75, 3.05) is 0 Å². The molecular formula is C23H16FNO3. The summed E-state index contributed by atoms with van der Waals surface area (Å²) < 4.78 is 19.9. The number of carboxylic acids is 1. The summed E-state index contributed by atoms with van der Waals surface area (Å²) in [5, 5.41) is 18.4. The molecule has 0 saturated heterocycles. The van der Waals surface area contributed by atoms with Gasteiger partial charge in [-0.1, -0.05) is 48.5 Å². The summed E-state index contributed by atoms with van der Waals surface area (Å²) in [5.74, 6) is -0.916. The van der Waals surface area contributed by atoms with Crippen molar-refractivity contribution in [3.8, 4) is 11.8 Å². The number of ether oxygens (including phenoxy) is 1. The smallest absolute Gasteiger partial charge is 0.335 e. The van der Waals surface area contributed by atoms with Crippen LogP contribution >= 0.6 is 0 Å². The number of rotatable bonds is 6. The number of carbonyl (C=O) groups is 1. The van der Waals surface area contributed by atoms with Crippen LogP contribution in [0.4, 0.5) is 4.39 Å². The lowest BCUT2D eigenvalue weighted by Gasteiger charge is -2.10. The summed E-state index contributed by atoms with van der Waals surface area (Å²) in [6, 6.07) is 21.7. The van der Waals surface area contributed by atoms with Crippen molar-refractivity contribution in [2.24, 2.45) is 0 Å². The fourth-order valence-corrected chi connectivity index (χ4v) is 2.64. The van der Waals surface area contributed by atoms with E-state index in [2.05, 4.69) is 0 Å². The molecule has 0 saturated carbocycles. The highest BCUT2D eigenvalue weighted by Gasteiger charge is 2.09. The van der Waals surface area contributed by atoms with E-state index >= 15 is 0 Å². The normalized spacial score (nSPS) is 10.9. The highest BCUT2D eigenvalue weighted by Crippen LogP contribution is 2.26. The van der Waals surface area contributed by atoms with Crippen LogP contribution in [0.5, 0.6) is 5.75 Å². The molecule has 0 atom stereocenters. The second-order valence-corrected chi connectivity index (χ2v) is 5.98. The van der Waals surface area contributed by atoms with Crippen LogP contribution in [0.15, 0.2) is 72.8 Å². The van der Waals surface area contributed by atoms with E-state index in [1.165, 1.54) is 18.2 Å². The number of hydrogen-bond donors (Lipinski definition) is 1. The maximum absolute atomic E-state index is 14.0. The number of para-hydroxylation sites is 1. The summed E-state index contributed by atoms with van der Waals surface area (Å²) >= 11 is 0. The SMILES string of the molecule is N#CC(=Cc1ccccc1OCc1ccc(C(=O)O)cc1)c1ccccc1F. The molecule has 0 unspecified atom stereocenters. The minimum absolute atomic E-state index is 0.194. The van der Waals surface area contributed by atoms with Gasteiger partial charge in [-0.25, -0.2) is 9.18 Å². The van der Waals surface area contributed by atoms with Crippen LogP contribution in [-0.2, 0) is 6.61 Å². The summed E-state index contributed by atoms with van der Waals surface area (Å²) in [6.45, 7) is 0.229. The van der Waals surface area contributed by atoms with Gasteiger partial charge in [0, 0.05) is 11.1 Å². The number of nitriles is 1. The van der Waals surface area contributed by atoms with Crippen molar-refractivity contribution in [1.82, 2.24) is 0 Å². The Hall–Kier alpha value is -3.91. The number of halogens is 1. The first-order valence-electron chi connectivity index (χ1n) is 8.49. The van der Waals surface area contributed by atoms with Crippen LogP contribution in [0.25, 0.3) is 11.6 Å². The molecule has 1 N–H and O–H groups in total. The van der Waals surface area contributed by atoms with Gasteiger partial charge in [-0.3, -0.25) is 0 Å². The third-order valence-electron chi connectivity index (χ3n) is 4.10. The second-order valence-electron chi connectivity index (χ2n) is 5.98. The van der Waals surface area contributed by atoms with Gasteiger partial charge in [0.25, 0.3) is 0 Å². The van der Waals surface area contributed by atoms with Gasteiger partial charge >= 0.3 is 5.97 Å². The molecule has 0 radical (unpaired) electrons. The summed E-state index contributed by atoms with van der Waals surface area (Å²) in [7, 11) is 0. The Kier molecular flexibility index (Phi) is 5.83. The molecule has 3 aromatic rings. The zero-order valence-electron chi connectivity index (χ0n) is 14.8. The van der Waals surface area contributed by atoms with Gasteiger partial charge < -0.3 is 9.84 Å². The first kappa shape index (κ1) is 18.9. The number of aromatic carboxylic acids is 1. The second kappa shape index (κ2) is 8.65. The topological polar surface area (TPSA) is 70.3 Å². The van der Waals surface area contributed by atoms with Crippen molar-refractivity contribution in [3.63, 3.8) is 0 Å². The highest BCUT2D eigenvalue weighted by molar-refractivity contribution is 5.90. The standard InChI is InChI=1S/C23H16FNO3/c24-21-7-3-2-6-20(21)19(14-25)13-18-5-1-4-8-22(18)28-15-16-9-11-17(12-10-16)23(26)27/h1-13H,15H2,(H,26,27). The van der Waals surface area contributed by atoms with E-state index in [0.29, 0.717) is 11.3 Å². The van der Waals surface area contributed by atoms with Crippen LogP contribution < -0.4 is 4.74 Å². The Morgan fingerprint density at radius 2 is 1.71 bits per heavy atom. The van der Waals surface area contributed by atoms with Crippen LogP contribution in [0.3, 0.4) is 0 Å². The maximum atomic E-state index is 14.0. The quantitative estimate of drug-likeness (QED) is 0.478.